The third-order valence-electron chi connectivity index (χ3n) is 7.23. The summed E-state index contributed by atoms with van der Waals surface area (Å²) in [5, 5.41) is 3.04. The van der Waals surface area contributed by atoms with Gasteiger partial charge in [0.2, 0.25) is 10.0 Å². The van der Waals surface area contributed by atoms with Crippen LogP contribution in [0, 0.1) is 5.92 Å². The standard InChI is InChI=1S/C25H40N4O3S/c1-21(20-27-12-8-9-13-27)19-26-25(30)22-10-11-23(28-14-4-2-5-15-28)24(18-22)33(31,32)29-16-6-3-7-17-29/h10-11,18,21H,2-9,12-17,19-20H2,1H3,(H,26,30). The average molecular weight is 477 g/mol. The van der Waals surface area contributed by atoms with Gasteiger partial charge in [-0.1, -0.05) is 13.3 Å². The van der Waals surface area contributed by atoms with E-state index < -0.39 is 10.0 Å². The lowest BCUT2D eigenvalue weighted by Gasteiger charge is -2.33. The molecule has 1 atom stereocenters. The second-order valence-electron chi connectivity index (χ2n) is 10.0. The number of hydrogen-bond donors (Lipinski definition) is 1. The number of anilines is 1. The molecule has 1 unspecified atom stereocenters. The van der Waals surface area contributed by atoms with Gasteiger partial charge in [-0.25, -0.2) is 8.42 Å². The maximum absolute atomic E-state index is 13.6. The Hall–Kier alpha value is -1.64. The summed E-state index contributed by atoms with van der Waals surface area (Å²) >= 11 is 0. The maximum atomic E-state index is 13.6. The fraction of sp³-hybridized carbons (Fsp3) is 0.720. The second-order valence-corrected chi connectivity index (χ2v) is 11.9. The molecular formula is C25H40N4O3S. The molecule has 1 aromatic carbocycles. The Kier molecular flexibility index (Phi) is 8.30. The van der Waals surface area contributed by atoms with Crippen molar-refractivity contribution >= 4 is 21.6 Å². The maximum Gasteiger partial charge on any atom is 0.251 e. The highest BCUT2D eigenvalue weighted by Gasteiger charge is 2.31. The van der Waals surface area contributed by atoms with E-state index in [1.165, 1.54) is 19.3 Å². The molecule has 1 N–H and O–H groups in total. The fourth-order valence-electron chi connectivity index (χ4n) is 5.34. The molecule has 0 bridgehead atoms. The molecule has 3 heterocycles. The molecule has 3 saturated heterocycles. The number of benzene rings is 1. The number of rotatable bonds is 8. The Bertz CT molecular complexity index is 902. The SMILES string of the molecule is CC(CNC(=O)c1ccc(N2CCCCC2)c(S(=O)(=O)N2CCCCC2)c1)CN1CCCC1. The Balaban J connectivity index is 1.52. The van der Waals surface area contributed by atoms with Crippen LogP contribution >= 0.6 is 0 Å². The monoisotopic (exact) mass is 476 g/mol. The number of hydrogen-bond acceptors (Lipinski definition) is 5. The Labute approximate surface area is 199 Å². The van der Waals surface area contributed by atoms with Gasteiger partial charge in [-0.2, -0.15) is 4.31 Å². The highest BCUT2D eigenvalue weighted by Crippen LogP contribution is 2.32. The normalized spacial score (nSPS) is 21.8. The summed E-state index contributed by atoms with van der Waals surface area (Å²) in [4.78, 5) is 17.9. The third-order valence-corrected chi connectivity index (χ3v) is 9.16. The zero-order valence-electron chi connectivity index (χ0n) is 20.1. The van der Waals surface area contributed by atoms with Crippen molar-refractivity contribution in [2.45, 2.75) is 63.2 Å². The number of carbonyl (C=O) groups is 1. The number of likely N-dealkylation sites (tertiary alicyclic amines) is 1. The van der Waals surface area contributed by atoms with E-state index in [1.54, 1.807) is 16.4 Å². The van der Waals surface area contributed by atoms with Crippen LogP contribution in [0.25, 0.3) is 0 Å². The van der Waals surface area contributed by atoms with E-state index in [9.17, 15) is 13.2 Å². The van der Waals surface area contributed by atoms with Gasteiger partial charge >= 0.3 is 0 Å². The van der Waals surface area contributed by atoms with Crippen LogP contribution < -0.4 is 10.2 Å². The van der Waals surface area contributed by atoms with Gasteiger partial charge in [-0.3, -0.25) is 4.79 Å². The van der Waals surface area contributed by atoms with Gasteiger partial charge in [0.05, 0.1) is 5.69 Å². The Morgan fingerprint density at radius 3 is 2.18 bits per heavy atom. The van der Waals surface area contributed by atoms with Crippen LogP contribution in [-0.2, 0) is 10.0 Å². The fourth-order valence-corrected chi connectivity index (χ4v) is 7.10. The van der Waals surface area contributed by atoms with E-state index in [0.29, 0.717) is 36.0 Å². The largest absolute Gasteiger partial charge is 0.370 e. The minimum atomic E-state index is -3.64. The van der Waals surface area contributed by atoms with Gasteiger partial charge < -0.3 is 15.1 Å². The minimum Gasteiger partial charge on any atom is -0.370 e. The van der Waals surface area contributed by atoms with Crippen molar-refractivity contribution < 1.29 is 13.2 Å². The van der Waals surface area contributed by atoms with Gasteiger partial charge in [0, 0.05) is 44.8 Å². The van der Waals surface area contributed by atoms with E-state index in [1.807, 2.05) is 6.07 Å². The van der Waals surface area contributed by atoms with Crippen LogP contribution in [-0.4, -0.2) is 75.9 Å². The third kappa shape index (κ3) is 6.08. The van der Waals surface area contributed by atoms with Crippen LogP contribution in [0.3, 0.4) is 0 Å². The Morgan fingerprint density at radius 1 is 0.909 bits per heavy atom. The predicted octanol–water partition coefficient (Wildman–Crippen LogP) is 3.31. The molecule has 33 heavy (non-hydrogen) atoms. The quantitative estimate of drug-likeness (QED) is 0.623. The van der Waals surface area contributed by atoms with E-state index in [2.05, 4.69) is 22.0 Å². The highest BCUT2D eigenvalue weighted by atomic mass is 32.2. The summed E-state index contributed by atoms with van der Waals surface area (Å²) in [6.07, 6.45) is 8.71. The van der Waals surface area contributed by atoms with Gasteiger partial charge in [-0.05, 0) is 82.2 Å². The topological polar surface area (TPSA) is 73.0 Å². The van der Waals surface area contributed by atoms with Gasteiger partial charge in [0.1, 0.15) is 4.90 Å². The second kappa shape index (κ2) is 11.2. The summed E-state index contributed by atoms with van der Waals surface area (Å²) in [6, 6.07) is 5.26. The molecule has 0 aliphatic carbocycles. The van der Waals surface area contributed by atoms with Crippen molar-refractivity contribution in [3.63, 3.8) is 0 Å². The number of amides is 1. The van der Waals surface area contributed by atoms with Gasteiger partial charge in [0.25, 0.3) is 5.91 Å². The number of piperidine rings is 2. The van der Waals surface area contributed by atoms with Crippen LogP contribution in [0.2, 0.25) is 0 Å². The van der Waals surface area contributed by atoms with Crippen molar-refractivity contribution in [3.8, 4) is 0 Å². The molecule has 1 aromatic rings. The van der Waals surface area contributed by atoms with E-state index >= 15 is 0 Å². The summed E-state index contributed by atoms with van der Waals surface area (Å²) in [5.74, 6) is 0.166. The molecule has 8 heteroatoms. The lowest BCUT2D eigenvalue weighted by atomic mass is 10.1. The zero-order valence-corrected chi connectivity index (χ0v) is 20.9. The predicted molar refractivity (Wildman–Crippen MR) is 132 cm³/mol. The molecule has 0 spiro atoms. The molecule has 3 aliphatic rings. The van der Waals surface area contributed by atoms with Crippen molar-refractivity contribution in [2.24, 2.45) is 5.92 Å². The molecule has 7 nitrogen and oxygen atoms in total. The average Bonchev–Trinajstić information content (AvgIpc) is 3.36. The smallest absolute Gasteiger partial charge is 0.251 e. The molecular weight excluding hydrogens is 436 g/mol. The Morgan fingerprint density at radius 2 is 1.52 bits per heavy atom. The first-order chi connectivity index (χ1) is 15.9. The van der Waals surface area contributed by atoms with Crippen LogP contribution in [0.4, 0.5) is 5.69 Å². The molecule has 0 saturated carbocycles. The van der Waals surface area contributed by atoms with E-state index in [4.69, 9.17) is 0 Å². The van der Waals surface area contributed by atoms with Gasteiger partial charge in [0.15, 0.2) is 0 Å². The summed E-state index contributed by atoms with van der Waals surface area (Å²) in [6.45, 7) is 8.88. The molecule has 184 valence electrons. The molecule has 0 radical (unpaired) electrons. The number of nitrogens with one attached hydrogen (secondary N) is 1. The van der Waals surface area contributed by atoms with Crippen molar-refractivity contribution in [1.82, 2.24) is 14.5 Å². The van der Waals surface area contributed by atoms with Crippen LogP contribution in [0.15, 0.2) is 23.1 Å². The lowest BCUT2D eigenvalue weighted by molar-refractivity contribution is 0.0945. The van der Waals surface area contributed by atoms with Crippen LogP contribution in [0.5, 0.6) is 0 Å². The highest BCUT2D eigenvalue weighted by molar-refractivity contribution is 7.89. The lowest BCUT2D eigenvalue weighted by Crippen LogP contribution is -2.38. The molecule has 3 aliphatic heterocycles. The van der Waals surface area contributed by atoms with Crippen molar-refractivity contribution in [2.75, 3.05) is 57.3 Å². The molecule has 4 rings (SSSR count). The van der Waals surface area contributed by atoms with Crippen molar-refractivity contribution in [3.05, 3.63) is 23.8 Å². The molecule has 0 aromatic heterocycles. The van der Waals surface area contributed by atoms with E-state index in [0.717, 1.165) is 70.5 Å². The number of nitrogens with zero attached hydrogens (tertiary/aromatic N) is 3. The van der Waals surface area contributed by atoms with Gasteiger partial charge in [-0.15, -0.1) is 0 Å². The molecule has 3 fully saturated rings. The summed E-state index contributed by atoms with van der Waals surface area (Å²) in [5.41, 5.74) is 1.18. The molecule has 1 amide bonds. The van der Waals surface area contributed by atoms with Crippen molar-refractivity contribution in [1.29, 1.82) is 0 Å². The summed E-state index contributed by atoms with van der Waals surface area (Å²) < 4.78 is 28.9. The minimum absolute atomic E-state index is 0.191. The summed E-state index contributed by atoms with van der Waals surface area (Å²) in [7, 11) is -3.64. The first-order valence-corrected chi connectivity index (χ1v) is 14.3. The first-order valence-electron chi connectivity index (χ1n) is 12.8. The van der Waals surface area contributed by atoms with E-state index in [-0.39, 0.29) is 5.91 Å². The zero-order chi connectivity index (χ0) is 23.3. The van der Waals surface area contributed by atoms with Crippen LogP contribution in [0.1, 0.15) is 68.6 Å². The first kappa shape index (κ1) is 24.5. The number of sulfonamides is 1. The number of carbonyl (C=O) groups excluding carboxylic acids is 1.